The van der Waals surface area contributed by atoms with Gasteiger partial charge in [0.15, 0.2) is 0 Å². The van der Waals surface area contributed by atoms with Gasteiger partial charge in [-0.2, -0.15) is 0 Å². The Morgan fingerprint density at radius 2 is 1.16 bits per heavy atom. The van der Waals surface area contributed by atoms with Gasteiger partial charge in [-0.05, 0) is 82.2 Å². The van der Waals surface area contributed by atoms with Gasteiger partial charge in [0.05, 0.1) is 16.7 Å². The zero-order valence-electron chi connectivity index (χ0n) is 26.6. The predicted molar refractivity (Wildman–Crippen MR) is 202 cm³/mol. The standard InChI is InChI=1S/C45H26N3O.Ir/c1-2-13-36-33(10-1)37-25-29(16-19-40(37)47-23-22-46-45(36)47)28-8-7-9-32(24-28)48-41-14-5-3-11-34(41)38-26-30(17-20-42(38)48)31-18-21-44-39(27-31)35-12-4-6-15-43(35)49-44;/h1-12,14-27H;/q-1;. The Morgan fingerprint density at radius 1 is 0.500 bits per heavy atom. The molecule has 0 saturated carbocycles. The van der Waals surface area contributed by atoms with Crippen LogP contribution in [0, 0.1) is 6.07 Å². The Labute approximate surface area is 300 Å². The molecule has 0 unspecified atom stereocenters. The van der Waals surface area contributed by atoms with Gasteiger partial charge in [0.2, 0.25) is 0 Å². The second-order valence-electron chi connectivity index (χ2n) is 12.8. The van der Waals surface area contributed by atoms with Crippen molar-refractivity contribution in [2.24, 2.45) is 0 Å². The number of rotatable bonds is 3. The van der Waals surface area contributed by atoms with Crippen LogP contribution in [-0.4, -0.2) is 14.0 Å². The van der Waals surface area contributed by atoms with Crippen molar-refractivity contribution in [1.82, 2.24) is 14.0 Å². The van der Waals surface area contributed by atoms with Gasteiger partial charge in [0.25, 0.3) is 0 Å². The molecule has 4 nitrogen and oxygen atoms in total. The van der Waals surface area contributed by atoms with E-state index in [2.05, 4.69) is 147 Å². The molecular formula is C45H26IrN3O-. The average molecular weight is 817 g/mol. The number of hydrogen-bond donors (Lipinski definition) is 0. The maximum Gasteiger partial charge on any atom is 0.135 e. The van der Waals surface area contributed by atoms with Crippen LogP contribution < -0.4 is 0 Å². The zero-order valence-corrected chi connectivity index (χ0v) is 29.0. The summed E-state index contributed by atoms with van der Waals surface area (Å²) in [6, 6.07) is 55.6. The molecule has 0 atom stereocenters. The van der Waals surface area contributed by atoms with Crippen LogP contribution in [0.5, 0.6) is 0 Å². The van der Waals surface area contributed by atoms with Crippen LogP contribution >= 0.6 is 0 Å². The molecule has 0 N–H and O–H groups in total. The molecule has 1 radical (unpaired) electrons. The molecule has 0 fully saturated rings. The number of para-hydroxylation sites is 2. The fourth-order valence-electron chi connectivity index (χ4n) is 7.83. The number of benzene rings is 7. The van der Waals surface area contributed by atoms with Gasteiger partial charge >= 0.3 is 0 Å². The van der Waals surface area contributed by atoms with E-state index >= 15 is 0 Å². The topological polar surface area (TPSA) is 35.4 Å². The maximum atomic E-state index is 6.11. The summed E-state index contributed by atoms with van der Waals surface area (Å²) >= 11 is 0. The van der Waals surface area contributed by atoms with E-state index in [1.165, 1.54) is 49.4 Å². The number of furan rings is 1. The SMILES string of the molecule is [Ir].[c-]1cccc2c1c1nccn1c1ccc(-c3cccc(-n4c5ccccc5c5cc(-c6ccc7oc8ccccc8c7c6)ccc54)c3)cc21. The van der Waals surface area contributed by atoms with Crippen LogP contribution in [0.1, 0.15) is 0 Å². The summed E-state index contributed by atoms with van der Waals surface area (Å²) in [7, 11) is 0. The first kappa shape index (κ1) is 29.0. The molecule has 11 aromatic rings. The molecule has 7 aromatic carbocycles. The molecule has 50 heavy (non-hydrogen) atoms. The minimum Gasteiger partial charge on any atom is -0.456 e. The Kier molecular flexibility index (Phi) is 6.38. The van der Waals surface area contributed by atoms with Crippen molar-refractivity contribution in [1.29, 1.82) is 0 Å². The molecule has 4 aromatic heterocycles. The quantitative estimate of drug-likeness (QED) is 0.132. The van der Waals surface area contributed by atoms with E-state index in [9.17, 15) is 0 Å². The van der Waals surface area contributed by atoms with Gasteiger partial charge in [-0.15, -0.1) is 29.7 Å². The molecule has 0 aliphatic heterocycles. The molecule has 0 bridgehead atoms. The number of hydrogen-bond acceptors (Lipinski definition) is 2. The van der Waals surface area contributed by atoms with Crippen molar-refractivity contribution in [3.05, 3.63) is 164 Å². The fraction of sp³-hybridized carbons (Fsp3) is 0. The minimum absolute atomic E-state index is 0. The largest absolute Gasteiger partial charge is 0.456 e. The smallest absolute Gasteiger partial charge is 0.135 e. The summed E-state index contributed by atoms with van der Waals surface area (Å²) in [5.74, 6) is 0. The van der Waals surface area contributed by atoms with Gasteiger partial charge in [-0.1, -0.05) is 78.2 Å². The van der Waals surface area contributed by atoms with Crippen LogP contribution in [0.2, 0.25) is 0 Å². The number of pyridine rings is 1. The molecule has 237 valence electrons. The van der Waals surface area contributed by atoms with Crippen molar-refractivity contribution in [2.45, 2.75) is 0 Å². The van der Waals surface area contributed by atoms with Crippen molar-refractivity contribution in [2.75, 3.05) is 0 Å². The van der Waals surface area contributed by atoms with Gasteiger partial charge < -0.3 is 13.4 Å². The monoisotopic (exact) mass is 817 g/mol. The zero-order chi connectivity index (χ0) is 32.1. The first-order valence-corrected chi connectivity index (χ1v) is 16.5. The third kappa shape index (κ3) is 4.18. The second kappa shape index (κ2) is 11.0. The second-order valence-corrected chi connectivity index (χ2v) is 12.8. The summed E-state index contributed by atoms with van der Waals surface area (Å²) in [6.45, 7) is 0. The van der Waals surface area contributed by atoms with Crippen molar-refractivity contribution >= 4 is 71.1 Å². The Balaban J connectivity index is 0.00000316. The summed E-state index contributed by atoms with van der Waals surface area (Å²) < 4.78 is 10.7. The Hall–Kier alpha value is -6.00. The maximum absolute atomic E-state index is 6.11. The molecule has 0 spiro atoms. The van der Waals surface area contributed by atoms with E-state index < -0.39 is 0 Å². The van der Waals surface area contributed by atoms with E-state index in [4.69, 9.17) is 4.42 Å². The molecular weight excluding hydrogens is 791 g/mol. The van der Waals surface area contributed by atoms with Crippen LogP contribution in [-0.2, 0) is 20.1 Å². The van der Waals surface area contributed by atoms with Crippen LogP contribution in [0.4, 0.5) is 0 Å². The van der Waals surface area contributed by atoms with Crippen LogP contribution in [0.3, 0.4) is 0 Å². The minimum atomic E-state index is 0. The number of aromatic nitrogens is 3. The average Bonchev–Trinajstić information content (AvgIpc) is 3.89. The van der Waals surface area contributed by atoms with E-state index in [1.807, 2.05) is 30.6 Å². The van der Waals surface area contributed by atoms with Gasteiger partial charge in [-0.3, -0.25) is 4.98 Å². The number of nitrogens with zero attached hydrogens (tertiary/aromatic N) is 3. The fourth-order valence-corrected chi connectivity index (χ4v) is 7.83. The summed E-state index contributed by atoms with van der Waals surface area (Å²) in [5, 5.41) is 8.13. The molecule has 11 rings (SSSR count). The van der Waals surface area contributed by atoms with E-state index in [0.29, 0.717) is 0 Å². The van der Waals surface area contributed by atoms with E-state index in [-0.39, 0.29) is 20.1 Å². The predicted octanol–water partition coefficient (Wildman–Crippen LogP) is 11.8. The molecule has 0 aliphatic carbocycles. The van der Waals surface area contributed by atoms with Crippen LogP contribution in [0.25, 0.3) is 99.0 Å². The van der Waals surface area contributed by atoms with Gasteiger partial charge in [0.1, 0.15) is 11.2 Å². The molecule has 0 aliphatic rings. The molecule has 0 amide bonds. The van der Waals surface area contributed by atoms with Crippen molar-refractivity contribution in [3.63, 3.8) is 0 Å². The summed E-state index contributed by atoms with van der Waals surface area (Å²) in [5.41, 5.74) is 12.1. The third-order valence-corrected chi connectivity index (χ3v) is 10.1. The van der Waals surface area contributed by atoms with E-state index in [0.717, 1.165) is 49.6 Å². The molecule has 4 heterocycles. The first-order chi connectivity index (χ1) is 24.3. The Morgan fingerprint density at radius 3 is 2.04 bits per heavy atom. The van der Waals surface area contributed by atoms with Crippen molar-refractivity contribution < 1.29 is 24.5 Å². The van der Waals surface area contributed by atoms with E-state index in [1.54, 1.807) is 0 Å². The van der Waals surface area contributed by atoms with Gasteiger partial charge in [-0.25, -0.2) is 0 Å². The molecule has 5 heteroatoms. The summed E-state index contributed by atoms with van der Waals surface area (Å²) in [4.78, 5) is 4.64. The number of fused-ring (bicyclic) bond motifs is 12. The van der Waals surface area contributed by atoms with Crippen LogP contribution in [0.15, 0.2) is 162 Å². The number of imidazole rings is 1. The van der Waals surface area contributed by atoms with Gasteiger partial charge in [0, 0.05) is 65.2 Å². The first-order valence-electron chi connectivity index (χ1n) is 16.5. The summed E-state index contributed by atoms with van der Waals surface area (Å²) in [6.07, 6.45) is 3.89. The molecule has 0 saturated heterocycles. The Bertz CT molecular complexity index is 3130. The third-order valence-electron chi connectivity index (χ3n) is 10.1. The normalized spacial score (nSPS) is 11.8. The van der Waals surface area contributed by atoms with Crippen molar-refractivity contribution in [3.8, 4) is 27.9 Å².